The Morgan fingerprint density at radius 1 is 0.553 bits per heavy atom. The molecule has 4 heteroatoms. The van der Waals surface area contributed by atoms with Crippen molar-refractivity contribution >= 4 is 11.9 Å². The second-order valence-corrected chi connectivity index (χ2v) is 10.2. The Morgan fingerprint density at radius 2 is 0.974 bits per heavy atom. The van der Waals surface area contributed by atoms with Crippen LogP contribution < -0.4 is 0 Å². The van der Waals surface area contributed by atoms with Gasteiger partial charge in [-0.2, -0.15) is 0 Å². The van der Waals surface area contributed by atoms with Crippen molar-refractivity contribution in [3.8, 4) is 0 Å². The van der Waals surface area contributed by atoms with Crippen LogP contribution in [-0.4, -0.2) is 24.1 Å². The van der Waals surface area contributed by atoms with Crippen molar-refractivity contribution in [1.82, 2.24) is 0 Å². The second kappa shape index (κ2) is 18.2. The van der Waals surface area contributed by atoms with E-state index in [4.69, 9.17) is 9.47 Å². The smallest absolute Gasteiger partial charge is 0.330 e. The van der Waals surface area contributed by atoms with E-state index in [1.165, 1.54) is 11.1 Å². The van der Waals surface area contributed by atoms with Gasteiger partial charge < -0.3 is 9.47 Å². The van der Waals surface area contributed by atoms with Crippen molar-refractivity contribution in [2.75, 3.05) is 0 Å². The molecule has 0 saturated carbocycles. The molecule has 0 unspecified atom stereocenters. The first-order valence-electron chi connectivity index (χ1n) is 14.5. The third-order valence-electron chi connectivity index (χ3n) is 7.06. The van der Waals surface area contributed by atoms with E-state index in [0.29, 0.717) is 0 Å². The molecule has 0 aromatic heterocycles. The molecule has 204 valence electrons. The number of hydrogen-bond donors (Lipinski definition) is 0. The van der Waals surface area contributed by atoms with Gasteiger partial charge in [0.25, 0.3) is 0 Å². The van der Waals surface area contributed by atoms with Gasteiger partial charge in [-0.1, -0.05) is 85.7 Å². The molecule has 3 rings (SSSR count). The molecular weight excluding hydrogens is 472 g/mol. The molecule has 0 fully saturated rings. The standard InChI is InChI=1S/C34H44O4/c35-33-23-15-5-1-3-13-21-31(27-25-29-17-9-7-10-18-29)37-34(36)24-16-6-2-4-14-22-32(38-33)28-26-30-19-11-8-12-20-30/h7-12,15-20,23-24,31-32H,1-6,13-14,21-22,25-28H2/b23-15+,24-16+/t31-,32+. The monoisotopic (exact) mass is 516 g/mol. The molecule has 38 heavy (non-hydrogen) atoms. The number of cyclic esters (lactones) is 2. The van der Waals surface area contributed by atoms with Crippen LogP contribution in [0, 0.1) is 0 Å². The maximum absolute atomic E-state index is 12.5. The zero-order valence-electron chi connectivity index (χ0n) is 22.8. The molecule has 0 amide bonds. The summed E-state index contributed by atoms with van der Waals surface area (Å²) in [5.41, 5.74) is 2.54. The van der Waals surface area contributed by atoms with Crippen molar-refractivity contribution in [3.63, 3.8) is 0 Å². The van der Waals surface area contributed by atoms with Gasteiger partial charge in [-0.05, 0) is 88.2 Å². The highest BCUT2D eigenvalue weighted by molar-refractivity contribution is 5.82. The summed E-state index contributed by atoms with van der Waals surface area (Å²) in [7, 11) is 0. The lowest BCUT2D eigenvalue weighted by Gasteiger charge is -2.18. The average molecular weight is 517 g/mol. The number of hydrogen-bond acceptors (Lipinski definition) is 4. The summed E-state index contributed by atoms with van der Waals surface area (Å²) in [6.07, 6.45) is 19.9. The van der Waals surface area contributed by atoms with Crippen LogP contribution in [0.5, 0.6) is 0 Å². The number of carbonyl (C=O) groups is 2. The molecule has 0 saturated heterocycles. The molecule has 4 nitrogen and oxygen atoms in total. The van der Waals surface area contributed by atoms with E-state index in [1.54, 1.807) is 12.2 Å². The fraction of sp³-hybridized carbons (Fsp3) is 0.471. The van der Waals surface area contributed by atoms with Gasteiger partial charge in [0, 0.05) is 12.2 Å². The lowest BCUT2D eigenvalue weighted by Crippen LogP contribution is -2.18. The van der Waals surface area contributed by atoms with Crippen LogP contribution in [0.15, 0.2) is 85.0 Å². The predicted octanol–water partition coefficient (Wildman–Crippen LogP) is 8.10. The van der Waals surface area contributed by atoms with Crippen LogP contribution in [0.2, 0.25) is 0 Å². The Bertz CT molecular complexity index is 899. The molecule has 2 aromatic rings. The summed E-state index contributed by atoms with van der Waals surface area (Å²) < 4.78 is 11.7. The summed E-state index contributed by atoms with van der Waals surface area (Å²) in [4.78, 5) is 25.0. The Hall–Kier alpha value is -3.14. The minimum absolute atomic E-state index is 0.0729. The van der Waals surface area contributed by atoms with Crippen LogP contribution in [0.4, 0.5) is 0 Å². The number of allylic oxidation sites excluding steroid dienone is 2. The lowest BCUT2D eigenvalue weighted by atomic mass is 10.0. The van der Waals surface area contributed by atoms with Crippen LogP contribution >= 0.6 is 0 Å². The van der Waals surface area contributed by atoms with E-state index >= 15 is 0 Å². The molecule has 0 spiro atoms. The van der Waals surface area contributed by atoms with E-state index in [-0.39, 0.29) is 24.1 Å². The van der Waals surface area contributed by atoms with Gasteiger partial charge in [0.05, 0.1) is 0 Å². The molecule has 1 aliphatic rings. The van der Waals surface area contributed by atoms with Crippen LogP contribution in [0.1, 0.15) is 88.2 Å². The van der Waals surface area contributed by atoms with Gasteiger partial charge in [0.15, 0.2) is 0 Å². The lowest BCUT2D eigenvalue weighted by molar-refractivity contribution is -0.144. The summed E-state index contributed by atoms with van der Waals surface area (Å²) in [6.45, 7) is 0. The number of esters is 2. The fourth-order valence-electron chi connectivity index (χ4n) is 4.86. The number of benzene rings is 2. The van der Waals surface area contributed by atoms with Gasteiger partial charge in [0.1, 0.15) is 12.2 Å². The number of ether oxygens (including phenoxy) is 2. The molecule has 0 N–H and O–H groups in total. The molecule has 1 aliphatic heterocycles. The minimum atomic E-state index is -0.228. The molecule has 1 heterocycles. The van der Waals surface area contributed by atoms with E-state index < -0.39 is 0 Å². The third kappa shape index (κ3) is 12.9. The number of carbonyl (C=O) groups excluding carboxylic acids is 2. The van der Waals surface area contributed by atoms with Crippen molar-refractivity contribution in [2.45, 2.75) is 102 Å². The second-order valence-electron chi connectivity index (χ2n) is 10.2. The molecule has 2 aromatic carbocycles. The maximum Gasteiger partial charge on any atom is 0.330 e. The third-order valence-corrected chi connectivity index (χ3v) is 7.06. The molecule has 0 radical (unpaired) electrons. The number of aryl methyl sites for hydroxylation is 2. The first kappa shape index (κ1) is 29.4. The summed E-state index contributed by atoms with van der Waals surface area (Å²) >= 11 is 0. The van der Waals surface area contributed by atoms with Crippen molar-refractivity contribution < 1.29 is 19.1 Å². The van der Waals surface area contributed by atoms with Gasteiger partial charge >= 0.3 is 11.9 Å². The molecular formula is C34H44O4. The average Bonchev–Trinajstić information content (AvgIpc) is 2.93. The molecule has 2 atom stereocenters. The maximum atomic E-state index is 12.5. The first-order chi connectivity index (χ1) is 18.7. The summed E-state index contributed by atoms with van der Waals surface area (Å²) in [5.74, 6) is -0.457. The van der Waals surface area contributed by atoms with Crippen LogP contribution in [-0.2, 0) is 31.9 Å². The van der Waals surface area contributed by atoms with E-state index in [0.717, 1.165) is 89.9 Å². The minimum Gasteiger partial charge on any atom is -0.459 e. The zero-order valence-corrected chi connectivity index (χ0v) is 22.8. The van der Waals surface area contributed by atoms with Gasteiger partial charge in [-0.15, -0.1) is 0 Å². The molecule has 0 aliphatic carbocycles. The zero-order chi connectivity index (χ0) is 26.7. The highest BCUT2D eigenvalue weighted by Crippen LogP contribution is 2.18. The first-order valence-corrected chi connectivity index (χ1v) is 14.5. The van der Waals surface area contributed by atoms with Crippen molar-refractivity contribution in [1.29, 1.82) is 0 Å². The largest absolute Gasteiger partial charge is 0.459 e. The van der Waals surface area contributed by atoms with Gasteiger partial charge in [-0.25, -0.2) is 9.59 Å². The van der Waals surface area contributed by atoms with Crippen LogP contribution in [0.3, 0.4) is 0 Å². The fourth-order valence-corrected chi connectivity index (χ4v) is 4.86. The molecule has 0 bridgehead atoms. The Morgan fingerprint density at radius 3 is 1.39 bits per heavy atom. The Labute approximate surface area is 229 Å². The van der Waals surface area contributed by atoms with E-state index in [9.17, 15) is 9.59 Å². The van der Waals surface area contributed by atoms with E-state index in [1.807, 2.05) is 48.6 Å². The Balaban J connectivity index is 1.51. The normalized spacial score (nSPS) is 22.5. The van der Waals surface area contributed by atoms with Crippen LogP contribution in [0.25, 0.3) is 0 Å². The quantitative estimate of drug-likeness (QED) is 0.364. The summed E-state index contributed by atoms with van der Waals surface area (Å²) in [5, 5.41) is 0. The predicted molar refractivity (Wildman–Crippen MR) is 154 cm³/mol. The SMILES string of the molecule is O=C1/C=C/CCCCC[C@@H](CCc2ccccc2)OC(=O)/C=C/CCCCC[C@H](CCc2ccccc2)O1. The highest BCUT2D eigenvalue weighted by Gasteiger charge is 2.15. The topological polar surface area (TPSA) is 52.6 Å². The van der Waals surface area contributed by atoms with E-state index in [2.05, 4.69) is 24.3 Å². The van der Waals surface area contributed by atoms with Gasteiger partial charge in [0.2, 0.25) is 0 Å². The van der Waals surface area contributed by atoms with Crippen molar-refractivity contribution in [3.05, 3.63) is 96.1 Å². The van der Waals surface area contributed by atoms with Gasteiger partial charge in [-0.3, -0.25) is 0 Å². The Kier molecular flexibility index (Phi) is 14.1. The summed E-state index contributed by atoms with van der Waals surface area (Å²) in [6, 6.07) is 20.7. The highest BCUT2D eigenvalue weighted by atomic mass is 16.5. The van der Waals surface area contributed by atoms with Crippen molar-refractivity contribution in [2.24, 2.45) is 0 Å². The number of rotatable bonds is 6.